The SMILES string of the molecule is CN(C)C(c1cccs1)C1CCC(NC(=O)COC2CCN(S(=O)(=O)c3ccccc3)C2)CC1. The van der Waals surface area contributed by atoms with Crippen LogP contribution >= 0.6 is 11.3 Å². The van der Waals surface area contributed by atoms with E-state index in [9.17, 15) is 13.2 Å². The molecule has 1 aromatic heterocycles. The highest BCUT2D eigenvalue weighted by Crippen LogP contribution is 2.39. The van der Waals surface area contributed by atoms with E-state index < -0.39 is 10.0 Å². The summed E-state index contributed by atoms with van der Waals surface area (Å²) in [5.41, 5.74) is 0. The molecule has 0 spiro atoms. The normalized spacial score (nSPS) is 24.9. The second-order valence-corrected chi connectivity index (χ2v) is 12.4. The summed E-state index contributed by atoms with van der Waals surface area (Å²) in [5.74, 6) is 0.476. The lowest BCUT2D eigenvalue weighted by molar-refractivity contribution is -0.128. The van der Waals surface area contributed by atoms with Gasteiger partial charge in [0, 0.05) is 30.1 Å². The average Bonchev–Trinajstić information content (AvgIpc) is 3.52. The lowest BCUT2D eigenvalue weighted by Crippen LogP contribution is -2.41. The van der Waals surface area contributed by atoms with Crippen molar-refractivity contribution in [3.8, 4) is 0 Å². The van der Waals surface area contributed by atoms with Gasteiger partial charge in [0.05, 0.1) is 11.0 Å². The molecule has 1 saturated heterocycles. The monoisotopic (exact) mass is 505 g/mol. The van der Waals surface area contributed by atoms with Crippen LogP contribution < -0.4 is 5.32 Å². The fourth-order valence-corrected chi connectivity index (χ4v) is 7.73. The fraction of sp³-hybridized carbons (Fsp3) is 0.560. The van der Waals surface area contributed by atoms with Crippen LogP contribution in [0.25, 0.3) is 0 Å². The van der Waals surface area contributed by atoms with Crippen LogP contribution in [0.2, 0.25) is 0 Å². The molecule has 1 amide bonds. The van der Waals surface area contributed by atoms with Crippen LogP contribution in [-0.4, -0.2) is 69.5 Å². The van der Waals surface area contributed by atoms with Crippen molar-refractivity contribution in [2.75, 3.05) is 33.8 Å². The highest BCUT2D eigenvalue weighted by Gasteiger charge is 2.34. The minimum absolute atomic E-state index is 0.0284. The highest BCUT2D eigenvalue weighted by atomic mass is 32.2. The van der Waals surface area contributed by atoms with Gasteiger partial charge in [-0.05, 0) is 75.7 Å². The average molecular weight is 506 g/mol. The van der Waals surface area contributed by atoms with E-state index >= 15 is 0 Å². The summed E-state index contributed by atoms with van der Waals surface area (Å²) >= 11 is 1.81. The number of carbonyl (C=O) groups is 1. The van der Waals surface area contributed by atoms with Gasteiger partial charge >= 0.3 is 0 Å². The van der Waals surface area contributed by atoms with E-state index in [0.29, 0.717) is 29.8 Å². The number of thiophene rings is 1. The third-order valence-corrected chi connectivity index (χ3v) is 9.74. The van der Waals surface area contributed by atoms with Crippen LogP contribution in [0.1, 0.15) is 43.0 Å². The molecule has 2 atom stereocenters. The molecule has 9 heteroatoms. The van der Waals surface area contributed by atoms with E-state index in [1.54, 1.807) is 30.3 Å². The zero-order valence-corrected chi connectivity index (χ0v) is 21.6. The Kier molecular flexibility index (Phi) is 8.42. The molecule has 2 heterocycles. The lowest BCUT2D eigenvalue weighted by atomic mass is 9.80. The van der Waals surface area contributed by atoms with Crippen molar-refractivity contribution in [3.63, 3.8) is 0 Å². The number of sulfonamides is 1. The summed E-state index contributed by atoms with van der Waals surface area (Å²) in [5, 5.41) is 5.26. The van der Waals surface area contributed by atoms with Crippen LogP contribution in [-0.2, 0) is 19.6 Å². The van der Waals surface area contributed by atoms with Gasteiger partial charge in [0.25, 0.3) is 0 Å². The predicted molar refractivity (Wildman–Crippen MR) is 134 cm³/mol. The van der Waals surface area contributed by atoms with E-state index in [0.717, 1.165) is 25.7 Å². The Morgan fingerprint density at radius 2 is 1.85 bits per heavy atom. The molecule has 4 rings (SSSR count). The molecule has 7 nitrogen and oxygen atoms in total. The fourth-order valence-electron chi connectivity index (χ4n) is 5.20. The zero-order valence-electron chi connectivity index (χ0n) is 19.9. The molecule has 34 heavy (non-hydrogen) atoms. The smallest absolute Gasteiger partial charge is 0.246 e. The van der Waals surface area contributed by atoms with Crippen molar-refractivity contribution in [3.05, 3.63) is 52.7 Å². The number of benzene rings is 1. The van der Waals surface area contributed by atoms with Crippen LogP contribution in [0.5, 0.6) is 0 Å². The van der Waals surface area contributed by atoms with Gasteiger partial charge < -0.3 is 15.0 Å². The van der Waals surface area contributed by atoms with Gasteiger partial charge in [-0.15, -0.1) is 11.3 Å². The number of rotatable bonds is 9. The summed E-state index contributed by atoms with van der Waals surface area (Å²) in [6.07, 6.45) is 4.45. The first kappa shape index (κ1) is 25.3. The van der Waals surface area contributed by atoms with Crippen molar-refractivity contribution in [1.82, 2.24) is 14.5 Å². The summed E-state index contributed by atoms with van der Waals surface area (Å²) in [4.78, 5) is 16.5. The Balaban J connectivity index is 1.20. The zero-order chi connectivity index (χ0) is 24.1. The van der Waals surface area contributed by atoms with Crippen LogP contribution in [0.15, 0.2) is 52.7 Å². The molecule has 186 valence electrons. The number of hydrogen-bond donors (Lipinski definition) is 1. The molecular weight excluding hydrogens is 470 g/mol. The quantitative estimate of drug-likeness (QED) is 0.564. The predicted octanol–water partition coefficient (Wildman–Crippen LogP) is 3.51. The molecular formula is C25H35N3O4S2. The molecule has 1 aromatic carbocycles. The Bertz CT molecular complexity index is 1020. The number of carbonyl (C=O) groups excluding carboxylic acids is 1. The number of ether oxygens (including phenoxy) is 1. The van der Waals surface area contributed by atoms with Gasteiger partial charge in [0.2, 0.25) is 15.9 Å². The molecule has 1 aliphatic carbocycles. The number of amides is 1. The summed E-state index contributed by atoms with van der Waals surface area (Å²) in [6.45, 7) is 0.661. The van der Waals surface area contributed by atoms with E-state index in [1.165, 1.54) is 9.18 Å². The van der Waals surface area contributed by atoms with Gasteiger partial charge in [0.15, 0.2) is 0 Å². The first-order chi connectivity index (χ1) is 16.3. The summed E-state index contributed by atoms with van der Waals surface area (Å²) in [6, 6.07) is 13.4. The number of nitrogens with zero attached hydrogens (tertiary/aromatic N) is 2. The van der Waals surface area contributed by atoms with E-state index in [4.69, 9.17) is 4.74 Å². The summed E-state index contributed by atoms with van der Waals surface area (Å²) in [7, 11) is 0.770. The second kappa shape index (κ2) is 11.3. The maximum absolute atomic E-state index is 12.8. The topological polar surface area (TPSA) is 79.0 Å². The molecule has 2 fully saturated rings. The standard InChI is InChI=1S/C25H35N3O4S2/c1-27(2)25(23-9-6-16-33-23)19-10-12-20(13-11-19)26-24(29)18-32-21-14-15-28(17-21)34(30,31)22-7-4-3-5-8-22/h3-9,16,19-21,25H,10-15,17-18H2,1-2H3,(H,26,29). The van der Waals surface area contributed by atoms with E-state index in [2.05, 4.69) is 41.8 Å². The van der Waals surface area contributed by atoms with Gasteiger partial charge in [-0.3, -0.25) is 4.79 Å². The second-order valence-electron chi connectivity index (χ2n) is 9.50. The lowest BCUT2D eigenvalue weighted by Gasteiger charge is -2.37. The molecule has 1 aliphatic heterocycles. The van der Waals surface area contributed by atoms with Crippen molar-refractivity contribution in [1.29, 1.82) is 0 Å². The molecule has 1 saturated carbocycles. The first-order valence-corrected chi connectivity index (χ1v) is 14.3. The number of nitrogens with one attached hydrogen (secondary N) is 1. The van der Waals surface area contributed by atoms with Crippen LogP contribution in [0.3, 0.4) is 0 Å². The summed E-state index contributed by atoms with van der Waals surface area (Å²) < 4.78 is 32.8. The van der Waals surface area contributed by atoms with Gasteiger partial charge in [0.1, 0.15) is 6.61 Å². The molecule has 0 radical (unpaired) electrons. The Hall–Kier alpha value is -1.78. The van der Waals surface area contributed by atoms with Crippen molar-refractivity contribution >= 4 is 27.3 Å². The Morgan fingerprint density at radius 1 is 1.12 bits per heavy atom. The van der Waals surface area contributed by atoms with Gasteiger partial charge in [-0.2, -0.15) is 4.31 Å². The molecule has 0 bridgehead atoms. The molecule has 2 aromatic rings. The Morgan fingerprint density at radius 3 is 2.50 bits per heavy atom. The molecule has 2 unspecified atom stereocenters. The van der Waals surface area contributed by atoms with E-state index in [1.807, 2.05) is 11.3 Å². The van der Waals surface area contributed by atoms with Crippen molar-refractivity contribution < 1.29 is 17.9 Å². The minimum atomic E-state index is -3.52. The maximum Gasteiger partial charge on any atom is 0.246 e. The molecule has 1 N–H and O–H groups in total. The largest absolute Gasteiger partial charge is 0.367 e. The first-order valence-electron chi connectivity index (χ1n) is 12.0. The third kappa shape index (κ3) is 6.07. The Labute approximate surface area is 207 Å². The van der Waals surface area contributed by atoms with Gasteiger partial charge in [-0.1, -0.05) is 24.3 Å². The van der Waals surface area contributed by atoms with Gasteiger partial charge in [-0.25, -0.2) is 8.42 Å². The molecule has 2 aliphatic rings. The maximum atomic E-state index is 12.8. The van der Waals surface area contributed by atoms with Crippen molar-refractivity contribution in [2.24, 2.45) is 5.92 Å². The van der Waals surface area contributed by atoms with Crippen LogP contribution in [0.4, 0.5) is 0 Å². The minimum Gasteiger partial charge on any atom is -0.367 e. The highest BCUT2D eigenvalue weighted by molar-refractivity contribution is 7.89. The van der Waals surface area contributed by atoms with E-state index in [-0.39, 0.29) is 31.2 Å². The number of hydrogen-bond acceptors (Lipinski definition) is 6. The van der Waals surface area contributed by atoms with Crippen molar-refractivity contribution in [2.45, 2.75) is 55.2 Å². The third-order valence-electron chi connectivity index (χ3n) is 6.91. The van der Waals surface area contributed by atoms with Crippen LogP contribution in [0, 0.1) is 5.92 Å².